The Hall–Kier alpha value is -1.87. The van der Waals surface area contributed by atoms with E-state index in [0.29, 0.717) is 6.42 Å². The number of carbonyl (C=O) groups excluding carboxylic acids is 1. The number of hydrogen-bond donors (Lipinski definition) is 0. The molecule has 0 radical (unpaired) electrons. The highest BCUT2D eigenvalue weighted by molar-refractivity contribution is 7.17. The molecule has 2 nitrogen and oxygen atoms in total. The monoisotopic (exact) mass is 255 g/mol. The molecule has 2 aromatic heterocycles. The molecule has 3 heteroatoms. The highest BCUT2D eigenvalue weighted by Gasteiger charge is 2.14. The number of hydrogen-bond acceptors (Lipinski definition) is 2. The zero-order valence-electron chi connectivity index (χ0n) is 10.1. The maximum atomic E-state index is 12.3. The molecular weight excluding hydrogens is 242 g/mol. The molecule has 0 saturated carbocycles. The number of thiophene rings is 1. The Kier molecular flexibility index (Phi) is 2.76. The van der Waals surface area contributed by atoms with Gasteiger partial charge in [-0.2, -0.15) is 0 Å². The standard InChI is InChI=1S/C15H13NOS/c1-16-12-7-8-18-15(12)10-13(16)14(17)9-11-5-3-2-4-6-11/h2-8,10H,9H2,1H3. The Labute approximate surface area is 109 Å². The van der Waals surface area contributed by atoms with E-state index < -0.39 is 0 Å². The summed E-state index contributed by atoms with van der Waals surface area (Å²) in [6.45, 7) is 0. The summed E-state index contributed by atoms with van der Waals surface area (Å²) in [7, 11) is 1.95. The number of nitrogens with zero attached hydrogens (tertiary/aromatic N) is 1. The van der Waals surface area contributed by atoms with Crippen molar-refractivity contribution >= 4 is 27.3 Å². The number of rotatable bonds is 3. The summed E-state index contributed by atoms with van der Waals surface area (Å²) in [5.41, 5.74) is 2.99. The van der Waals surface area contributed by atoms with E-state index >= 15 is 0 Å². The molecule has 0 unspecified atom stereocenters. The molecule has 0 N–H and O–H groups in total. The summed E-state index contributed by atoms with van der Waals surface area (Å²) in [6.07, 6.45) is 0.464. The first-order valence-corrected chi connectivity index (χ1v) is 6.74. The predicted molar refractivity (Wildman–Crippen MR) is 75.3 cm³/mol. The smallest absolute Gasteiger partial charge is 0.183 e. The van der Waals surface area contributed by atoms with E-state index in [2.05, 4.69) is 11.4 Å². The third-order valence-corrected chi connectivity index (χ3v) is 4.01. The molecule has 0 spiro atoms. The van der Waals surface area contributed by atoms with Crippen LogP contribution in [0.15, 0.2) is 47.8 Å². The molecule has 0 aliphatic heterocycles. The molecule has 0 aliphatic carbocycles. The summed E-state index contributed by atoms with van der Waals surface area (Å²) >= 11 is 1.67. The zero-order valence-corrected chi connectivity index (χ0v) is 10.9. The maximum absolute atomic E-state index is 12.3. The largest absolute Gasteiger partial charge is 0.340 e. The van der Waals surface area contributed by atoms with Gasteiger partial charge in [0.2, 0.25) is 0 Å². The van der Waals surface area contributed by atoms with Gasteiger partial charge in [-0.15, -0.1) is 11.3 Å². The van der Waals surface area contributed by atoms with E-state index in [9.17, 15) is 4.79 Å². The van der Waals surface area contributed by atoms with Crippen molar-refractivity contribution < 1.29 is 4.79 Å². The van der Waals surface area contributed by atoms with E-state index in [1.54, 1.807) is 11.3 Å². The fraction of sp³-hybridized carbons (Fsp3) is 0.133. The highest BCUT2D eigenvalue weighted by Crippen LogP contribution is 2.24. The van der Waals surface area contributed by atoms with Crippen molar-refractivity contribution in [3.8, 4) is 0 Å². The van der Waals surface area contributed by atoms with Gasteiger partial charge in [-0.3, -0.25) is 4.79 Å². The normalized spacial score (nSPS) is 10.9. The van der Waals surface area contributed by atoms with Crippen LogP contribution in [0.4, 0.5) is 0 Å². The molecule has 2 heterocycles. The molecule has 1 aromatic carbocycles. The first-order chi connectivity index (χ1) is 8.75. The van der Waals surface area contributed by atoms with Crippen molar-refractivity contribution in [2.45, 2.75) is 6.42 Å². The summed E-state index contributed by atoms with van der Waals surface area (Å²) in [5, 5.41) is 2.05. The fourth-order valence-electron chi connectivity index (χ4n) is 2.19. The topological polar surface area (TPSA) is 22.0 Å². The van der Waals surface area contributed by atoms with Crippen LogP contribution in [0.2, 0.25) is 0 Å². The molecule has 3 aromatic rings. The zero-order chi connectivity index (χ0) is 12.5. The highest BCUT2D eigenvalue weighted by atomic mass is 32.1. The fourth-order valence-corrected chi connectivity index (χ4v) is 3.04. The van der Waals surface area contributed by atoms with Crippen LogP contribution in [0, 0.1) is 0 Å². The van der Waals surface area contributed by atoms with Gasteiger partial charge in [0.1, 0.15) is 0 Å². The van der Waals surface area contributed by atoms with Crippen molar-refractivity contribution in [2.24, 2.45) is 7.05 Å². The lowest BCUT2D eigenvalue weighted by Crippen LogP contribution is -2.08. The van der Waals surface area contributed by atoms with E-state index in [4.69, 9.17) is 0 Å². The lowest BCUT2D eigenvalue weighted by Gasteiger charge is -2.03. The van der Waals surface area contributed by atoms with Crippen LogP contribution in [0.1, 0.15) is 16.1 Å². The van der Waals surface area contributed by atoms with Gasteiger partial charge in [-0.1, -0.05) is 30.3 Å². The van der Waals surface area contributed by atoms with Gasteiger partial charge < -0.3 is 4.57 Å². The van der Waals surface area contributed by atoms with Crippen molar-refractivity contribution in [3.63, 3.8) is 0 Å². The van der Waals surface area contributed by atoms with Crippen molar-refractivity contribution in [1.82, 2.24) is 4.57 Å². The molecule has 0 bridgehead atoms. The number of benzene rings is 1. The predicted octanol–water partition coefficient (Wildman–Crippen LogP) is 3.67. The minimum atomic E-state index is 0.173. The molecule has 0 fully saturated rings. The van der Waals surface area contributed by atoms with Crippen molar-refractivity contribution in [3.05, 3.63) is 59.1 Å². The third-order valence-electron chi connectivity index (χ3n) is 3.16. The Balaban J connectivity index is 1.92. The second kappa shape index (κ2) is 4.42. The molecule has 0 amide bonds. The number of aromatic nitrogens is 1. The van der Waals surface area contributed by atoms with Gasteiger partial charge >= 0.3 is 0 Å². The van der Waals surface area contributed by atoms with Crippen LogP contribution in [0.3, 0.4) is 0 Å². The van der Waals surface area contributed by atoms with Crippen LogP contribution in [-0.4, -0.2) is 10.4 Å². The average Bonchev–Trinajstić information content (AvgIpc) is 2.94. The second-order valence-corrected chi connectivity index (χ2v) is 5.29. The first kappa shape index (κ1) is 11.2. The Morgan fingerprint density at radius 1 is 1.22 bits per heavy atom. The molecule has 0 atom stereocenters. The number of ketones is 1. The number of aryl methyl sites for hydroxylation is 1. The Morgan fingerprint density at radius 2 is 2.00 bits per heavy atom. The number of fused-ring (bicyclic) bond motifs is 1. The molecule has 0 saturated heterocycles. The molecule has 3 rings (SSSR count). The summed E-state index contributed by atoms with van der Waals surface area (Å²) in [6, 6.07) is 13.9. The van der Waals surface area contributed by atoms with Crippen molar-refractivity contribution in [1.29, 1.82) is 0 Å². The van der Waals surface area contributed by atoms with Crippen LogP contribution in [0.5, 0.6) is 0 Å². The summed E-state index contributed by atoms with van der Waals surface area (Å²) < 4.78 is 3.16. The van der Waals surface area contributed by atoms with Crippen LogP contribution >= 0.6 is 11.3 Å². The van der Waals surface area contributed by atoms with Gasteiger partial charge in [0.15, 0.2) is 5.78 Å². The quantitative estimate of drug-likeness (QED) is 0.655. The number of Topliss-reactive ketones (excluding diaryl/α,β-unsaturated/α-hetero) is 1. The van der Waals surface area contributed by atoms with Crippen LogP contribution in [0.25, 0.3) is 10.2 Å². The van der Waals surface area contributed by atoms with E-state index in [-0.39, 0.29) is 5.78 Å². The lowest BCUT2D eigenvalue weighted by atomic mass is 10.1. The van der Waals surface area contributed by atoms with Gasteiger partial charge in [-0.25, -0.2) is 0 Å². The summed E-state index contributed by atoms with van der Waals surface area (Å²) in [4.78, 5) is 12.3. The number of carbonyl (C=O) groups is 1. The minimum Gasteiger partial charge on any atom is -0.340 e. The second-order valence-electron chi connectivity index (χ2n) is 4.34. The van der Waals surface area contributed by atoms with E-state index in [1.165, 1.54) is 4.70 Å². The van der Waals surface area contributed by atoms with E-state index in [0.717, 1.165) is 16.8 Å². The van der Waals surface area contributed by atoms with Crippen LogP contribution < -0.4 is 0 Å². The van der Waals surface area contributed by atoms with Gasteiger partial charge in [0, 0.05) is 13.5 Å². The van der Waals surface area contributed by atoms with Crippen LogP contribution in [-0.2, 0) is 13.5 Å². The molecular formula is C15H13NOS. The Morgan fingerprint density at radius 3 is 2.72 bits per heavy atom. The third kappa shape index (κ3) is 1.87. The Bertz CT molecular complexity index is 694. The average molecular weight is 255 g/mol. The first-order valence-electron chi connectivity index (χ1n) is 5.86. The van der Waals surface area contributed by atoms with E-state index in [1.807, 2.05) is 48.0 Å². The minimum absolute atomic E-state index is 0.173. The van der Waals surface area contributed by atoms with Gasteiger partial charge in [0.25, 0.3) is 0 Å². The lowest BCUT2D eigenvalue weighted by molar-refractivity contribution is 0.0985. The van der Waals surface area contributed by atoms with Crippen molar-refractivity contribution in [2.75, 3.05) is 0 Å². The van der Waals surface area contributed by atoms with Gasteiger partial charge in [0.05, 0.1) is 15.9 Å². The maximum Gasteiger partial charge on any atom is 0.183 e. The molecule has 90 valence electrons. The molecule has 0 aliphatic rings. The molecule has 18 heavy (non-hydrogen) atoms. The summed E-state index contributed by atoms with van der Waals surface area (Å²) in [5.74, 6) is 0.173. The van der Waals surface area contributed by atoms with Gasteiger partial charge in [-0.05, 0) is 23.1 Å². The SMILES string of the molecule is Cn1c(C(=O)Cc2ccccc2)cc2sccc21.